The molecule has 6 nitrogen and oxygen atoms in total. The van der Waals surface area contributed by atoms with E-state index in [4.69, 9.17) is 4.74 Å². The molecule has 2 heterocycles. The molecule has 0 saturated heterocycles. The van der Waals surface area contributed by atoms with Crippen molar-refractivity contribution in [2.45, 2.75) is 13.8 Å². The number of halogens is 1. The minimum Gasteiger partial charge on any atom is -0.481 e. The van der Waals surface area contributed by atoms with Crippen LogP contribution < -0.4 is 14.8 Å². The molecule has 0 atom stereocenters. The summed E-state index contributed by atoms with van der Waals surface area (Å²) in [7, 11) is 1.32. The van der Waals surface area contributed by atoms with Crippen LogP contribution in [0, 0.1) is 17.4 Å². The van der Waals surface area contributed by atoms with Crippen molar-refractivity contribution >= 4 is 62.0 Å². The molecule has 2 aromatic heterocycles. The highest BCUT2D eigenvalue weighted by atomic mass is 127. The van der Waals surface area contributed by atoms with Crippen molar-refractivity contribution in [1.29, 1.82) is 0 Å². The fraction of sp³-hybridized carbons (Fsp3) is 0.190. The third kappa shape index (κ3) is 3.74. The summed E-state index contributed by atoms with van der Waals surface area (Å²) in [6, 6.07) is 9.56. The van der Waals surface area contributed by atoms with Crippen molar-refractivity contribution in [3.05, 3.63) is 65.5 Å². The van der Waals surface area contributed by atoms with E-state index < -0.39 is 5.97 Å². The van der Waals surface area contributed by atoms with Crippen LogP contribution in [-0.2, 0) is 9.53 Å². The average molecular weight is 520 g/mol. The summed E-state index contributed by atoms with van der Waals surface area (Å²) in [6.45, 7) is 3.93. The summed E-state index contributed by atoms with van der Waals surface area (Å²) in [5, 5.41) is 0. The van der Waals surface area contributed by atoms with Crippen LogP contribution in [0.1, 0.15) is 16.7 Å². The number of nitrogens with zero attached hydrogens (tertiary/aromatic N) is 2. The van der Waals surface area contributed by atoms with E-state index in [1.807, 2.05) is 44.2 Å². The Kier molecular flexibility index (Phi) is 5.30. The van der Waals surface area contributed by atoms with Gasteiger partial charge in [-0.25, -0.2) is 14.2 Å². The Bertz CT molecular complexity index is 1370. The lowest BCUT2D eigenvalue weighted by Gasteiger charge is -2.07. The van der Waals surface area contributed by atoms with Crippen molar-refractivity contribution < 1.29 is 14.3 Å². The van der Waals surface area contributed by atoms with Gasteiger partial charge in [0, 0.05) is 0 Å². The maximum Gasteiger partial charge on any atom is 0.343 e. The van der Waals surface area contributed by atoms with Crippen LogP contribution in [0.4, 0.5) is 0 Å². The van der Waals surface area contributed by atoms with Gasteiger partial charge in [-0.15, -0.1) is 0 Å². The smallest absolute Gasteiger partial charge is 0.343 e. The molecular formula is C21H17IN2O4S. The number of hydrogen-bond donors (Lipinski definition) is 0. The normalized spacial score (nSPS) is 12.1. The Balaban J connectivity index is 1.74. The molecule has 0 fully saturated rings. The SMILES string of the molecule is COC(=O)COc1ccc(/C=c2\sc3nc4cc(C)c(C)cc4n3c2=O)cc1I. The molecule has 0 amide bonds. The molecule has 29 heavy (non-hydrogen) atoms. The van der Waals surface area contributed by atoms with E-state index in [2.05, 4.69) is 32.3 Å². The van der Waals surface area contributed by atoms with Gasteiger partial charge in [0.15, 0.2) is 11.6 Å². The first kappa shape index (κ1) is 19.8. The lowest BCUT2D eigenvalue weighted by molar-refractivity contribution is -0.142. The Morgan fingerprint density at radius 1 is 1.24 bits per heavy atom. The third-order valence-corrected chi connectivity index (χ3v) is 6.49. The summed E-state index contributed by atoms with van der Waals surface area (Å²) in [5.41, 5.74) is 4.77. The Morgan fingerprint density at radius 2 is 2.00 bits per heavy atom. The maximum absolute atomic E-state index is 13.0. The van der Waals surface area contributed by atoms with Gasteiger partial charge in [0.25, 0.3) is 5.56 Å². The van der Waals surface area contributed by atoms with Crippen molar-refractivity contribution in [2.24, 2.45) is 0 Å². The zero-order chi connectivity index (χ0) is 20.7. The largest absolute Gasteiger partial charge is 0.481 e. The number of esters is 1. The van der Waals surface area contributed by atoms with E-state index in [0.717, 1.165) is 31.3 Å². The molecule has 148 valence electrons. The van der Waals surface area contributed by atoms with E-state index in [1.54, 1.807) is 10.5 Å². The molecule has 8 heteroatoms. The molecular weight excluding hydrogens is 503 g/mol. The average Bonchev–Trinajstić information content (AvgIpc) is 3.17. The minimum atomic E-state index is -0.438. The summed E-state index contributed by atoms with van der Waals surface area (Å²) in [5.74, 6) is 0.153. The number of rotatable bonds is 4. The van der Waals surface area contributed by atoms with Crippen LogP contribution in [0.5, 0.6) is 5.75 Å². The molecule has 4 aromatic rings. The van der Waals surface area contributed by atoms with Gasteiger partial charge in [0.2, 0.25) is 0 Å². The van der Waals surface area contributed by atoms with Crippen molar-refractivity contribution in [3.63, 3.8) is 0 Å². The molecule has 0 radical (unpaired) electrons. The van der Waals surface area contributed by atoms with Gasteiger partial charge in [0.05, 0.1) is 26.2 Å². The monoisotopic (exact) mass is 520 g/mol. The number of carbonyl (C=O) groups is 1. The molecule has 0 aliphatic heterocycles. The van der Waals surface area contributed by atoms with Gasteiger partial charge >= 0.3 is 5.97 Å². The number of aryl methyl sites for hydroxylation is 2. The molecule has 0 saturated carbocycles. The Labute approximate surface area is 183 Å². The first-order valence-electron chi connectivity index (χ1n) is 8.80. The second-order valence-electron chi connectivity index (χ2n) is 6.63. The van der Waals surface area contributed by atoms with E-state index in [9.17, 15) is 9.59 Å². The van der Waals surface area contributed by atoms with Gasteiger partial charge in [-0.05, 0) is 83.5 Å². The molecule has 0 N–H and O–H groups in total. The fourth-order valence-electron chi connectivity index (χ4n) is 2.99. The number of methoxy groups -OCH3 is 1. The number of benzene rings is 2. The van der Waals surface area contributed by atoms with Gasteiger partial charge in [-0.2, -0.15) is 0 Å². The summed E-state index contributed by atoms with van der Waals surface area (Å²) < 4.78 is 13.2. The van der Waals surface area contributed by atoms with Crippen molar-refractivity contribution in [1.82, 2.24) is 9.38 Å². The highest BCUT2D eigenvalue weighted by molar-refractivity contribution is 14.1. The van der Waals surface area contributed by atoms with E-state index in [-0.39, 0.29) is 12.2 Å². The van der Waals surface area contributed by atoms with Crippen LogP contribution in [0.15, 0.2) is 35.1 Å². The molecule has 4 rings (SSSR count). The molecule has 0 aliphatic carbocycles. The standard InChI is InChI=1S/C21H17IN2O4S/c1-11-6-15-16(7-12(11)2)24-20(26)18(29-21(24)23-15)9-13-4-5-17(14(22)8-13)28-10-19(25)27-3/h4-9H,10H2,1-3H3/b18-9-. The number of ether oxygens (including phenoxy) is 2. The Hall–Kier alpha value is -2.46. The second-order valence-corrected chi connectivity index (χ2v) is 8.80. The molecule has 0 aliphatic rings. The summed E-state index contributed by atoms with van der Waals surface area (Å²) in [6.07, 6.45) is 1.85. The first-order chi connectivity index (χ1) is 13.9. The highest BCUT2D eigenvalue weighted by Crippen LogP contribution is 2.23. The first-order valence-corrected chi connectivity index (χ1v) is 10.7. The lowest BCUT2D eigenvalue weighted by atomic mass is 10.1. The number of thiazole rings is 1. The quantitative estimate of drug-likeness (QED) is 0.306. The van der Waals surface area contributed by atoms with Crippen LogP contribution in [0.25, 0.3) is 22.1 Å². The summed E-state index contributed by atoms with van der Waals surface area (Å²) >= 11 is 3.51. The summed E-state index contributed by atoms with van der Waals surface area (Å²) in [4.78, 5) is 29.5. The number of aromatic nitrogens is 2. The number of imidazole rings is 1. The number of fused-ring (bicyclic) bond motifs is 3. The number of hydrogen-bond acceptors (Lipinski definition) is 6. The van der Waals surface area contributed by atoms with Crippen LogP contribution >= 0.6 is 33.9 Å². The van der Waals surface area contributed by atoms with E-state index in [0.29, 0.717) is 15.2 Å². The van der Waals surface area contributed by atoms with Gasteiger partial charge in [0.1, 0.15) is 5.75 Å². The van der Waals surface area contributed by atoms with Crippen molar-refractivity contribution in [2.75, 3.05) is 13.7 Å². The van der Waals surface area contributed by atoms with Crippen LogP contribution in [0.2, 0.25) is 0 Å². The maximum atomic E-state index is 13.0. The van der Waals surface area contributed by atoms with E-state index in [1.165, 1.54) is 18.4 Å². The van der Waals surface area contributed by atoms with E-state index >= 15 is 0 Å². The zero-order valence-electron chi connectivity index (χ0n) is 16.0. The highest BCUT2D eigenvalue weighted by Gasteiger charge is 2.13. The second kappa shape index (κ2) is 7.75. The van der Waals surface area contributed by atoms with Crippen molar-refractivity contribution in [3.8, 4) is 5.75 Å². The van der Waals surface area contributed by atoms with Gasteiger partial charge in [-0.1, -0.05) is 17.4 Å². The van der Waals surface area contributed by atoms with Crippen LogP contribution in [0.3, 0.4) is 0 Å². The molecule has 0 bridgehead atoms. The predicted molar refractivity (Wildman–Crippen MR) is 122 cm³/mol. The number of carbonyl (C=O) groups excluding carboxylic acids is 1. The predicted octanol–water partition coefficient (Wildman–Crippen LogP) is 3.23. The molecule has 2 aromatic carbocycles. The topological polar surface area (TPSA) is 69.9 Å². The minimum absolute atomic E-state index is 0.0724. The van der Waals surface area contributed by atoms with Gasteiger partial charge < -0.3 is 9.47 Å². The Morgan fingerprint density at radius 3 is 2.72 bits per heavy atom. The molecule has 0 unspecified atom stereocenters. The van der Waals surface area contributed by atoms with Gasteiger partial charge in [-0.3, -0.25) is 4.79 Å². The fourth-order valence-corrected chi connectivity index (χ4v) is 4.67. The zero-order valence-corrected chi connectivity index (χ0v) is 19.0. The molecule has 0 spiro atoms. The third-order valence-electron chi connectivity index (χ3n) is 4.68. The lowest BCUT2D eigenvalue weighted by Crippen LogP contribution is -2.22. The van der Waals surface area contributed by atoms with Crippen LogP contribution in [-0.4, -0.2) is 29.1 Å².